The summed E-state index contributed by atoms with van der Waals surface area (Å²) in [6, 6.07) is 2.68. The minimum atomic E-state index is -4.88. The van der Waals surface area contributed by atoms with E-state index in [0.29, 0.717) is 4.57 Å². The van der Waals surface area contributed by atoms with Crippen LogP contribution in [-0.2, 0) is 17.5 Å². The molecule has 1 N–H and O–H groups in total. The van der Waals surface area contributed by atoms with Crippen LogP contribution in [0, 0.1) is 6.92 Å². The number of carbonyl (C=O) groups is 1. The fourth-order valence-electron chi connectivity index (χ4n) is 2.29. The highest BCUT2D eigenvalue weighted by Crippen LogP contribution is 2.35. The highest BCUT2D eigenvalue weighted by Gasteiger charge is 2.35. The summed E-state index contributed by atoms with van der Waals surface area (Å²) in [5.74, 6) is 0.0294. The van der Waals surface area contributed by atoms with Crippen LogP contribution in [0.2, 0.25) is 10.0 Å². The number of aromatic nitrogens is 2. The van der Waals surface area contributed by atoms with Gasteiger partial charge in [-0.05, 0) is 37.1 Å². The van der Waals surface area contributed by atoms with E-state index >= 15 is 0 Å². The van der Waals surface area contributed by atoms with E-state index in [4.69, 9.17) is 39.5 Å². The quantitative estimate of drug-likeness (QED) is 0.691. The zero-order valence-electron chi connectivity index (χ0n) is 14.3. The summed E-state index contributed by atoms with van der Waals surface area (Å²) in [5.41, 5.74) is -4.27. The molecule has 0 aliphatic heterocycles. The number of ether oxygens (including phenoxy) is 1. The van der Waals surface area contributed by atoms with E-state index in [1.54, 1.807) is 4.98 Å². The summed E-state index contributed by atoms with van der Waals surface area (Å²) < 4.78 is 44.5. The van der Waals surface area contributed by atoms with Crippen molar-refractivity contribution in [2.24, 2.45) is 0 Å². The van der Waals surface area contributed by atoms with Gasteiger partial charge in [0.1, 0.15) is 16.5 Å². The molecule has 0 aliphatic carbocycles. The van der Waals surface area contributed by atoms with Gasteiger partial charge >= 0.3 is 11.9 Å². The number of halogens is 6. The number of nitrogens with zero attached hydrogens (tertiary/aromatic N) is 1. The maximum absolute atomic E-state index is 12.9. The molecular formula is C16H12Cl3F3N2O4. The Kier molecular flexibility index (Phi) is 6.52. The Labute approximate surface area is 170 Å². The number of carbonyl (C=O) groups excluding carboxylic acids is 1. The predicted octanol–water partition coefficient (Wildman–Crippen LogP) is 3.75. The van der Waals surface area contributed by atoms with E-state index in [9.17, 15) is 27.6 Å². The molecule has 12 heteroatoms. The van der Waals surface area contributed by atoms with Crippen molar-refractivity contribution in [3.8, 4) is 5.75 Å². The maximum atomic E-state index is 12.9. The molecule has 0 bridgehead atoms. The first-order valence-electron chi connectivity index (χ1n) is 7.58. The molecule has 1 aromatic carbocycles. The molecular weight excluding hydrogens is 448 g/mol. The summed E-state index contributed by atoms with van der Waals surface area (Å²) >= 11 is 17.5. The normalized spacial score (nSPS) is 12.7. The molecule has 152 valence electrons. The lowest BCUT2D eigenvalue weighted by Gasteiger charge is -2.16. The van der Waals surface area contributed by atoms with Crippen LogP contribution in [-0.4, -0.2) is 20.9 Å². The standard InChI is InChI=1S/C16H12Cl3F3N2O4/c1-6-12(16(20,21)22)23-15(27)24(14(6)26)5-8-3-4-9(11(18)10(8)17)28-7(2)13(19)25/h3-4,7H,5H2,1-2H3,(H,23,27). The van der Waals surface area contributed by atoms with E-state index < -0.39 is 46.6 Å². The summed E-state index contributed by atoms with van der Waals surface area (Å²) in [6.07, 6.45) is -5.89. The lowest BCUT2D eigenvalue weighted by Crippen LogP contribution is -2.39. The van der Waals surface area contributed by atoms with Gasteiger partial charge < -0.3 is 9.72 Å². The number of nitrogens with one attached hydrogen (secondary N) is 1. The zero-order valence-corrected chi connectivity index (χ0v) is 16.6. The first-order valence-corrected chi connectivity index (χ1v) is 8.71. The van der Waals surface area contributed by atoms with Gasteiger partial charge in [0.2, 0.25) is 0 Å². The van der Waals surface area contributed by atoms with Gasteiger partial charge in [-0.1, -0.05) is 29.3 Å². The van der Waals surface area contributed by atoms with E-state index in [0.717, 1.165) is 6.92 Å². The second kappa shape index (κ2) is 8.18. The third-order valence-corrected chi connectivity index (χ3v) is 4.99. The van der Waals surface area contributed by atoms with E-state index in [1.165, 1.54) is 19.1 Å². The smallest absolute Gasteiger partial charge is 0.431 e. The molecule has 1 atom stereocenters. The van der Waals surface area contributed by atoms with Gasteiger partial charge in [-0.15, -0.1) is 0 Å². The number of aromatic amines is 1. The molecule has 2 rings (SSSR count). The minimum Gasteiger partial charge on any atom is -0.480 e. The SMILES string of the molecule is Cc1c(C(F)(F)F)[nH]c(=O)n(Cc2ccc(OC(C)C(=O)Cl)c(Cl)c2Cl)c1=O. The molecule has 0 radical (unpaired) electrons. The maximum Gasteiger partial charge on any atom is 0.431 e. The van der Waals surface area contributed by atoms with Gasteiger partial charge in [-0.3, -0.25) is 14.2 Å². The molecule has 0 saturated heterocycles. The average molecular weight is 460 g/mol. The van der Waals surface area contributed by atoms with Crippen molar-refractivity contribution in [1.29, 1.82) is 0 Å². The number of benzene rings is 1. The first-order chi connectivity index (χ1) is 12.8. The molecule has 1 unspecified atom stereocenters. The van der Waals surface area contributed by atoms with Gasteiger partial charge in [-0.2, -0.15) is 13.2 Å². The molecule has 0 aliphatic rings. The van der Waals surface area contributed by atoms with Crippen molar-refractivity contribution in [3.63, 3.8) is 0 Å². The van der Waals surface area contributed by atoms with Crippen molar-refractivity contribution in [3.05, 3.63) is 59.8 Å². The molecule has 2 aromatic rings. The minimum absolute atomic E-state index is 0.0294. The monoisotopic (exact) mass is 458 g/mol. The van der Waals surface area contributed by atoms with Crippen LogP contribution in [0.1, 0.15) is 23.7 Å². The van der Waals surface area contributed by atoms with E-state index in [2.05, 4.69) is 0 Å². The van der Waals surface area contributed by atoms with Crippen LogP contribution in [0.25, 0.3) is 0 Å². The molecule has 0 saturated carbocycles. The third kappa shape index (κ3) is 4.53. The Morgan fingerprint density at radius 3 is 2.39 bits per heavy atom. The average Bonchev–Trinajstić information content (AvgIpc) is 2.59. The van der Waals surface area contributed by atoms with E-state index in [-0.39, 0.29) is 21.4 Å². The molecule has 1 aromatic heterocycles. The first kappa shape index (κ1) is 22.3. The van der Waals surface area contributed by atoms with Crippen LogP contribution in [0.3, 0.4) is 0 Å². The van der Waals surface area contributed by atoms with Crippen molar-refractivity contribution in [2.75, 3.05) is 0 Å². The predicted molar refractivity (Wildman–Crippen MR) is 97.6 cm³/mol. The lowest BCUT2D eigenvalue weighted by atomic mass is 10.2. The molecule has 6 nitrogen and oxygen atoms in total. The van der Waals surface area contributed by atoms with Gasteiger partial charge in [0.15, 0.2) is 6.10 Å². The third-order valence-electron chi connectivity index (χ3n) is 3.78. The highest BCUT2D eigenvalue weighted by molar-refractivity contribution is 6.64. The summed E-state index contributed by atoms with van der Waals surface area (Å²) in [5, 5.41) is -0.983. The van der Waals surface area contributed by atoms with Crippen LogP contribution in [0.5, 0.6) is 5.75 Å². The number of hydrogen-bond donors (Lipinski definition) is 1. The molecule has 0 amide bonds. The van der Waals surface area contributed by atoms with Crippen LogP contribution >= 0.6 is 34.8 Å². The number of alkyl halides is 3. The summed E-state index contributed by atoms with van der Waals surface area (Å²) in [4.78, 5) is 37.0. The van der Waals surface area contributed by atoms with Gasteiger partial charge in [0, 0.05) is 5.56 Å². The second-order valence-electron chi connectivity index (χ2n) is 5.73. The van der Waals surface area contributed by atoms with Crippen molar-refractivity contribution in [2.45, 2.75) is 32.7 Å². The molecule has 0 fully saturated rings. The number of rotatable bonds is 5. The van der Waals surface area contributed by atoms with Crippen molar-refractivity contribution >= 4 is 40.0 Å². The highest BCUT2D eigenvalue weighted by atomic mass is 35.5. The molecule has 0 spiro atoms. The van der Waals surface area contributed by atoms with Crippen molar-refractivity contribution in [1.82, 2.24) is 9.55 Å². The fraction of sp³-hybridized carbons (Fsp3) is 0.312. The Balaban J connectivity index is 2.46. The van der Waals surface area contributed by atoms with Gasteiger partial charge in [0.25, 0.3) is 10.8 Å². The van der Waals surface area contributed by atoms with E-state index in [1.807, 2.05) is 0 Å². The summed E-state index contributed by atoms with van der Waals surface area (Å²) in [7, 11) is 0. The van der Waals surface area contributed by atoms with Gasteiger partial charge in [-0.25, -0.2) is 4.79 Å². The Bertz CT molecular complexity index is 1050. The van der Waals surface area contributed by atoms with Crippen molar-refractivity contribution < 1.29 is 22.7 Å². The van der Waals surface area contributed by atoms with Gasteiger partial charge in [0.05, 0.1) is 11.6 Å². The topological polar surface area (TPSA) is 81.2 Å². The Morgan fingerprint density at radius 2 is 1.86 bits per heavy atom. The molecule has 1 heterocycles. The lowest BCUT2D eigenvalue weighted by molar-refractivity contribution is -0.142. The second-order valence-corrected chi connectivity index (χ2v) is 6.86. The van der Waals surface area contributed by atoms with Crippen LogP contribution in [0.15, 0.2) is 21.7 Å². The summed E-state index contributed by atoms with van der Waals surface area (Å²) in [6.45, 7) is 1.90. The van der Waals surface area contributed by atoms with Crippen LogP contribution in [0.4, 0.5) is 13.2 Å². The fourth-order valence-corrected chi connectivity index (χ4v) is 2.78. The Hall–Kier alpha value is -1.97. The number of hydrogen-bond acceptors (Lipinski definition) is 4. The molecule has 28 heavy (non-hydrogen) atoms. The largest absolute Gasteiger partial charge is 0.480 e. The zero-order chi connectivity index (χ0) is 21.4. The number of H-pyrrole nitrogens is 1. The Morgan fingerprint density at radius 1 is 1.25 bits per heavy atom. The van der Waals surface area contributed by atoms with Crippen LogP contribution < -0.4 is 16.0 Å².